The molecule has 0 aliphatic carbocycles. The Hall–Kier alpha value is -2.44. The number of aliphatic hydroxyl groups is 1. The Morgan fingerprint density at radius 3 is 2.81 bits per heavy atom. The standard InChI is InChI=1S/C20H21ClN4O2/c21-20-22-18(23-24-20)7-8-19(27)25-10-9-16(17(26)12-25)15-6-5-13-3-1-2-4-14(13)11-15/h1-6,11,16-17,26H,7-10,12H2,(H,22,23,24)/t16-,17+/m0/s1. The lowest BCUT2D eigenvalue weighted by molar-refractivity contribution is -0.134. The highest BCUT2D eigenvalue weighted by molar-refractivity contribution is 6.28. The largest absolute Gasteiger partial charge is 0.391 e. The van der Waals surface area contributed by atoms with E-state index in [4.69, 9.17) is 11.6 Å². The summed E-state index contributed by atoms with van der Waals surface area (Å²) in [6.07, 6.45) is 0.959. The molecule has 0 bridgehead atoms. The van der Waals surface area contributed by atoms with Crippen LogP contribution in [0.1, 0.15) is 30.1 Å². The van der Waals surface area contributed by atoms with Crippen LogP contribution in [0.25, 0.3) is 10.8 Å². The second-order valence-corrected chi connectivity index (χ2v) is 7.30. The summed E-state index contributed by atoms with van der Waals surface area (Å²) in [5.74, 6) is 0.658. The van der Waals surface area contributed by atoms with Crippen LogP contribution in [0.3, 0.4) is 0 Å². The number of carbonyl (C=O) groups excluding carboxylic acids is 1. The lowest BCUT2D eigenvalue weighted by atomic mass is 9.86. The first kappa shape index (κ1) is 17.9. The van der Waals surface area contributed by atoms with Gasteiger partial charge in [0.05, 0.1) is 6.10 Å². The van der Waals surface area contributed by atoms with Crippen molar-refractivity contribution in [3.8, 4) is 0 Å². The first-order chi connectivity index (χ1) is 13.1. The number of fused-ring (bicyclic) bond motifs is 1. The van der Waals surface area contributed by atoms with Crippen LogP contribution < -0.4 is 0 Å². The Kier molecular flexibility index (Phi) is 5.09. The zero-order valence-electron chi connectivity index (χ0n) is 14.8. The number of nitrogens with zero attached hydrogens (tertiary/aromatic N) is 3. The number of piperidine rings is 1. The van der Waals surface area contributed by atoms with E-state index in [1.54, 1.807) is 4.90 Å². The van der Waals surface area contributed by atoms with Gasteiger partial charge in [-0.05, 0) is 34.4 Å². The third kappa shape index (κ3) is 3.96. The second kappa shape index (κ2) is 7.66. The molecule has 2 atom stereocenters. The molecular formula is C20H21ClN4O2. The predicted molar refractivity (Wildman–Crippen MR) is 104 cm³/mol. The number of hydrogen-bond donors (Lipinski definition) is 2. The van der Waals surface area contributed by atoms with Crippen LogP contribution in [-0.4, -0.2) is 50.3 Å². The lowest BCUT2D eigenvalue weighted by Gasteiger charge is -2.36. The van der Waals surface area contributed by atoms with E-state index in [1.165, 1.54) is 10.8 Å². The van der Waals surface area contributed by atoms with Crippen LogP contribution in [0.5, 0.6) is 0 Å². The van der Waals surface area contributed by atoms with E-state index in [1.807, 2.05) is 12.1 Å². The van der Waals surface area contributed by atoms with E-state index < -0.39 is 6.10 Å². The van der Waals surface area contributed by atoms with Crippen molar-refractivity contribution in [3.05, 3.63) is 59.1 Å². The Bertz CT molecular complexity index is 958. The van der Waals surface area contributed by atoms with Crippen molar-refractivity contribution in [3.63, 3.8) is 0 Å². The van der Waals surface area contributed by atoms with Crippen molar-refractivity contribution in [1.29, 1.82) is 0 Å². The number of likely N-dealkylation sites (tertiary alicyclic amines) is 1. The maximum atomic E-state index is 12.5. The molecular weight excluding hydrogens is 364 g/mol. The average molecular weight is 385 g/mol. The molecule has 1 fully saturated rings. The molecule has 2 aromatic carbocycles. The highest BCUT2D eigenvalue weighted by Crippen LogP contribution is 2.31. The van der Waals surface area contributed by atoms with Crippen LogP contribution in [0, 0.1) is 0 Å². The van der Waals surface area contributed by atoms with E-state index in [0.29, 0.717) is 31.8 Å². The number of aliphatic hydroxyl groups excluding tert-OH is 1. The van der Waals surface area contributed by atoms with Gasteiger partial charge in [-0.2, -0.15) is 0 Å². The summed E-state index contributed by atoms with van der Waals surface area (Å²) in [4.78, 5) is 18.2. The molecule has 3 aromatic rings. The molecule has 1 aliphatic rings. The van der Waals surface area contributed by atoms with Crippen LogP contribution >= 0.6 is 11.6 Å². The predicted octanol–water partition coefficient (Wildman–Crippen LogP) is 2.92. The minimum absolute atomic E-state index is 0.0125. The number of H-pyrrole nitrogens is 1. The van der Waals surface area contributed by atoms with Crippen molar-refractivity contribution >= 4 is 28.3 Å². The molecule has 0 saturated carbocycles. The van der Waals surface area contributed by atoms with Crippen LogP contribution in [0.4, 0.5) is 0 Å². The molecule has 0 unspecified atom stereocenters. The molecule has 4 rings (SSSR count). The number of hydrogen-bond acceptors (Lipinski definition) is 4. The van der Waals surface area contributed by atoms with Gasteiger partial charge in [-0.25, -0.2) is 4.98 Å². The number of carbonyl (C=O) groups is 1. The number of aryl methyl sites for hydroxylation is 1. The number of aromatic amines is 1. The Balaban J connectivity index is 1.38. The van der Waals surface area contributed by atoms with E-state index in [0.717, 1.165) is 12.0 Å². The molecule has 0 radical (unpaired) electrons. The highest BCUT2D eigenvalue weighted by atomic mass is 35.5. The van der Waals surface area contributed by atoms with Crippen LogP contribution in [0.15, 0.2) is 42.5 Å². The van der Waals surface area contributed by atoms with Crippen molar-refractivity contribution in [2.24, 2.45) is 0 Å². The summed E-state index contributed by atoms with van der Waals surface area (Å²) < 4.78 is 0. The van der Waals surface area contributed by atoms with Crippen LogP contribution in [0.2, 0.25) is 5.28 Å². The fourth-order valence-electron chi connectivity index (χ4n) is 3.75. The third-order valence-corrected chi connectivity index (χ3v) is 5.39. The van der Waals surface area contributed by atoms with Crippen LogP contribution in [-0.2, 0) is 11.2 Å². The van der Waals surface area contributed by atoms with Gasteiger partial charge in [-0.15, -0.1) is 5.10 Å². The minimum Gasteiger partial charge on any atom is -0.391 e. The topological polar surface area (TPSA) is 82.1 Å². The number of benzene rings is 2. The molecule has 7 heteroatoms. The molecule has 1 aliphatic heterocycles. The SMILES string of the molecule is O=C(CCc1nc(Cl)n[nH]1)N1CC[C@@H](c2ccc3ccccc3c2)[C@H](O)C1. The fraction of sp³-hybridized carbons (Fsp3) is 0.350. The first-order valence-electron chi connectivity index (χ1n) is 9.11. The molecule has 2 N–H and O–H groups in total. The maximum Gasteiger partial charge on any atom is 0.242 e. The number of amides is 1. The minimum atomic E-state index is -0.566. The van der Waals surface area contributed by atoms with Gasteiger partial charge in [0.15, 0.2) is 0 Å². The van der Waals surface area contributed by atoms with Gasteiger partial charge in [-0.1, -0.05) is 42.5 Å². The van der Waals surface area contributed by atoms with Gasteiger partial charge < -0.3 is 10.0 Å². The second-order valence-electron chi connectivity index (χ2n) is 6.96. The van der Waals surface area contributed by atoms with Crippen molar-refractivity contribution in [1.82, 2.24) is 20.1 Å². The Morgan fingerprint density at radius 2 is 2.07 bits per heavy atom. The number of nitrogens with one attached hydrogen (secondary N) is 1. The van der Waals surface area contributed by atoms with Gasteiger partial charge in [0.2, 0.25) is 11.2 Å². The third-order valence-electron chi connectivity index (χ3n) is 5.22. The molecule has 140 valence electrons. The molecule has 6 nitrogen and oxygen atoms in total. The summed E-state index contributed by atoms with van der Waals surface area (Å²) in [6, 6.07) is 14.5. The number of rotatable bonds is 4. The normalized spacial score (nSPS) is 20.1. The summed E-state index contributed by atoms with van der Waals surface area (Å²) in [7, 11) is 0. The zero-order chi connectivity index (χ0) is 18.8. The number of halogens is 1. The van der Waals surface area contributed by atoms with E-state index in [9.17, 15) is 9.90 Å². The lowest BCUT2D eigenvalue weighted by Crippen LogP contribution is -2.45. The molecule has 1 saturated heterocycles. The molecule has 1 aromatic heterocycles. The van der Waals surface area contributed by atoms with E-state index in [2.05, 4.69) is 45.5 Å². The quantitative estimate of drug-likeness (QED) is 0.724. The summed E-state index contributed by atoms with van der Waals surface area (Å²) >= 11 is 5.67. The average Bonchev–Trinajstić information content (AvgIpc) is 3.11. The van der Waals surface area contributed by atoms with Crippen molar-refractivity contribution < 1.29 is 9.90 Å². The first-order valence-corrected chi connectivity index (χ1v) is 9.49. The van der Waals surface area contributed by atoms with Gasteiger partial charge >= 0.3 is 0 Å². The number of aromatic nitrogens is 3. The highest BCUT2D eigenvalue weighted by Gasteiger charge is 2.31. The van der Waals surface area contributed by atoms with Gasteiger partial charge in [0.25, 0.3) is 0 Å². The summed E-state index contributed by atoms with van der Waals surface area (Å²) in [5.41, 5.74) is 1.13. The molecule has 1 amide bonds. The monoisotopic (exact) mass is 384 g/mol. The van der Waals surface area contributed by atoms with Crippen molar-refractivity contribution in [2.75, 3.05) is 13.1 Å². The summed E-state index contributed by atoms with van der Waals surface area (Å²) in [6.45, 7) is 0.998. The zero-order valence-corrected chi connectivity index (χ0v) is 15.6. The Morgan fingerprint density at radius 1 is 1.26 bits per heavy atom. The van der Waals surface area contributed by atoms with Gasteiger partial charge in [-0.3, -0.25) is 9.89 Å². The summed E-state index contributed by atoms with van der Waals surface area (Å²) in [5, 5.41) is 19.6. The molecule has 2 heterocycles. The Labute approximate surface area is 162 Å². The fourth-order valence-corrected chi connectivity index (χ4v) is 3.90. The molecule has 0 spiro atoms. The number of β-amino-alcohol motifs (C(OH)–C–C–N with tert-alkyl or cyclic N) is 1. The van der Waals surface area contributed by atoms with E-state index in [-0.39, 0.29) is 17.1 Å². The van der Waals surface area contributed by atoms with Crippen molar-refractivity contribution in [2.45, 2.75) is 31.3 Å². The van der Waals surface area contributed by atoms with Gasteiger partial charge in [0.1, 0.15) is 5.82 Å². The smallest absolute Gasteiger partial charge is 0.242 e. The maximum absolute atomic E-state index is 12.5. The molecule has 27 heavy (non-hydrogen) atoms. The van der Waals surface area contributed by atoms with Gasteiger partial charge in [0, 0.05) is 31.8 Å². The van der Waals surface area contributed by atoms with E-state index >= 15 is 0 Å².